The number of nitrogens with two attached hydrogens (primary N) is 1. The lowest BCUT2D eigenvalue weighted by Crippen LogP contribution is -2.43. The highest BCUT2D eigenvalue weighted by molar-refractivity contribution is 7.87. The van der Waals surface area contributed by atoms with Crippen molar-refractivity contribution in [1.82, 2.24) is 4.72 Å². The number of carboxylic acids is 1. The van der Waals surface area contributed by atoms with Crippen molar-refractivity contribution < 1.29 is 18.3 Å². The molecular formula is C26H30N2O4S. The van der Waals surface area contributed by atoms with Crippen LogP contribution in [0.4, 0.5) is 0 Å². The van der Waals surface area contributed by atoms with Gasteiger partial charge in [-0.25, -0.2) is 5.14 Å². The summed E-state index contributed by atoms with van der Waals surface area (Å²) in [6, 6.07) is 19.8. The van der Waals surface area contributed by atoms with E-state index in [4.69, 9.17) is 10.2 Å². The van der Waals surface area contributed by atoms with Crippen LogP contribution in [0.1, 0.15) is 49.7 Å². The maximum absolute atomic E-state index is 12.0. The Morgan fingerprint density at radius 3 is 2.36 bits per heavy atom. The van der Waals surface area contributed by atoms with Crippen molar-refractivity contribution in [2.24, 2.45) is 16.5 Å². The van der Waals surface area contributed by atoms with Gasteiger partial charge in [-0.15, -0.1) is 0 Å². The molecule has 0 bridgehead atoms. The van der Waals surface area contributed by atoms with Crippen LogP contribution in [0.15, 0.2) is 72.8 Å². The van der Waals surface area contributed by atoms with Gasteiger partial charge in [-0.05, 0) is 60.3 Å². The third-order valence-electron chi connectivity index (χ3n) is 7.14. The quantitative estimate of drug-likeness (QED) is 0.510. The fraction of sp³-hybridized carbons (Fsp3) is 0.346. The first-order valence-electron chi connectivity index (χ1n) is 11.3. The minimum absolute atomic E-state index is 0.0430. The second-order valence-corrected chi connectivity index (χ2v) is 10.4. The van der Waals surface area contributed by atoms with E-state index >= 15 is 0 Å². The van der Waals surface area contributed by atoms with Crippen LogP contribution in [-0.2, 0) is 15.0 Å². The third kappa shape index (κ3) is 4.67. The van der Waals surface area contributed by atoms with E-state index < -0.39 is 21.6 Å². The van der Waals surface area contributed by atoms with Gasteiger partial charge < -0.3 is 5.11 Å². The van der Waals surface area contributed by atoms with Crippen molar-refractivity contribution in [3.63, 3.8) is 0 Å². The number of carboxylic acid groups (broad SMARTS) is 1. The van der Waals surface area contributed by atoms with E-state index in [9.17, 15) is 13.2 Å². The van der Waals surface area contributed by atoms with E-state index in [2.05, 4.69) is 23.4 Å². The van der Waals surface area contributed by atoms with Crippen LogP contribution in [0.25, 0.3) is 11.1 Å². The number of aliphatic carboxylic acids is 1. The maximum atomic E-state index is 12.0. The van der Waals surface area contributed by atoms with Crippen molar-refractivity contribution in [2.45, 2.75) is 44.6 Å². The lowest BCUT2D eigenvalue weighted by Gasteiger charge is -2.37. The number of hydrogen-bond donors (Lipinski definition) is 3. The van der Waals surface area contributed by atoms with E-state index in [1.165, 1.54) is 11.1 Å². The Hall–Kier alpha value is -2.74. The van der Waals surface area contributed by atoms with Crippen LogP contribution < -0.4 is 9.86 Å². The molecule has 1 unspecified atom stereocenters. The van der Waals surface area contributed by atoms with Crippen molar-refractivity contribution in [2.75, 3.05) is 0 Å². The Morgan fingerprint density at radius 1 is 1.12 bits per heavy atom. The van der Waals surface area contributed by atoms with Gasteiger partial charge in [-0.3, -0.25) is 4.79 Å². The summed E-state index contributed by atoms with van der Waals surface area (Å²) in [6.07, 6.45) is 3.37. The van der Waals surface area contributed by atoms with Crippen molar-refractivity contribution in [3.8, 4) is 0 Å². The van der Waals surface area contributed by atoms with Crippen LogP contribution in [0.5, 0.6) is 0 Å². The summed E-state index contributed by atoms with van der Waals surface area (Å²) in [7, 11) is -3.87. The van der Waals surface area contributed by atoms with Gasteiger partial charge in [-0.2, -0.15) is 13.1 Å². The SMILES string of the molecule is C=C(c1ccccc1)[C@@]12CC[C@H](NS(N)(=O)=O)C1CC(CCCC(=O)O)=C2c1ccccc1. The fourth-order valence-corrected chi connectivity index (χ4v) is 6.65. The minimum Gasteiger partial charge on any atom is -0.481 e. The molecule has 1 fully saturated rings. The summed E-state index contributed by atoms with van der Waals surface area (Å²) in [4.78, 5) is 11.2. The average Bonchev–Trinajstić information content (AvgIpc) is 3.28. The summed E-state index contributed by atoms with van der Waals surface area (Å²) < 4.78 is 26.6. The van der Waals surface area contributed by atoms with Gasteiger partial charge in [-0.1, -0.05) is 72.8 Å². The molecule has 4 N–H and O–H groups in total. The van der Waals surface area contributed by atoms with E-state index in [1.807, 2.05) is 48.5 Å². The van der Waals surface area contributed by atoms with Gasteiger partial charge in [0.05, 0.1) is 0 Å². The molecule has 1 saturated carbocycles. The molecule has 3 atom stereocenters. The number of allylic oxidation sites excluding steroid dienone is 3. The molecule has 0 spiro atoms. The first-order chi connectivity index (χ1) is 15.7. The smallest absolute Gasteiger partial charge is 0.303 e. The molecule has 6 nitrogen and oxygen atoms in total. The largest absolute Gasteiger partial charge is 0.481 e. The van der Waals surface area contributed by atoms with Gasteiger partial charge in [0, 0.05) is 17.9 Å². The zero-order valence-electron chi connectivity index (χ0n) is 18.5. The Kier molecular flexibility index (Phi) is 6.56. The molecule has 0 saturated heterocycles. The average molecular weight is 467 g/mol. The van der Waals surface area contributed by atoms with Gasteiger partial charge >= 0.3 is 5.97 Å². The number of benzene rings is 2. The van der Waals surface area contributed by atoms with Gasteiger partial charge in [0.25, 0.3) is 10.2 Å². The van der Waals surface area contributed by atoms with Gasteiger partial charge in [0.15, 0.2) is 0 Å². The molecule has 0 aromatic heterocycles. The van der Waals surface area contributed by atoms with E-state index in [0.29, 0.717) is 25.7 Å². The molecule has 2 aromatic rings. The molecule has 33 heavy (non-hydrogen) atoms. The van der Waals surface area contributed by atoms with E-state index in [0.717, 1.165) is 23.1 Å². The minimum atomic E-state index is -3.87. The van der Waals surface area contributed by atoms with Crippen LogP contribution in [-0.4, -0.2) is 25.5 Å². The third-order valence-corrected chi connectivity index (χ3v) is 7.77. The fourth-order valence-electron chi connectivity index (χ4n) is 5.94. The second kappa shape index (κ2) is 9.25. The Labute approximate surface area is 195 Å². The Balaban J connectivity index is 1.85. The summed E-state index contributed by atoms with van der Waals surface area (Å²) >= 11 is 0. The Bertz CT molecular complexity index is 1180. The molecule has 4 rings (SSSR count). The molecule has 2 aliphatic carbocycles. The number of nitrogens with one attached hydrogen (secondary N) is 1. The lowest BCUT2D eigenvalue weighted by molar-refractivity contribution is -0.137. The molecule has 0 heterocycles. The summed E-state index contributed by atoms with van der Waals surface area (Å²) in [5, 5.41) is 14.6. The summed E-state index contributed by atoms with van der Waals surface area (Å²) in [6.45, 7) is 4.55. The number of carbonyl (C=O) groups is 1. The monoisotopic (exact) mass is 466 g/mol. The predicted octanol–water partition coefficient (Wildman–Crippen LogP) is 4.37. The molecule has 2 aliphatic rings. The highest BCUT2D eigenvalue weighted by Crippen LogP contribution is 2.66. The predicted molar refractivity (Wildman–Crippen MR) is 130 cm³/mol. The standard InChI is InChI=1S/C26H30N2O4S/c1-18(19-9-4-2-5-10-19)26-16-15-23(28-33(27,31)32)22(26)17-21(13-8-14-24(29)30)25(26)20-11-6-3-7-12-20/h2-7,9-12,22-23,28H,1,8,13-17H2,(H,29,30)(H2,27,31,32)/t22?,23-,26-/m0/s1. The first-order valence-corrected chi connectivity index (χ1v) is 12.8. The topological polar surface area (TPSA) is 109 Å². The molecule has 2 aromatic carbocycles. The molecule has 0 amide bonds. The second-order valence-electron chi connectivity index (χ2n) is 9.03. The lowest BCUT2D eigenvalue weighted by atomic mass is 9.66. The molecule has 0 aliphatic heterocycles. The van der Waals surface area contributed by atoms with Gasteiger partial charge in [0.2, 0.25) is 0 Å². The zero-order chi connectivity index (χ0) is 23.6. The normalized spacial score (nSPS) is 24.6. The number of rotatable bonds is 9. The summed E-state index contributed by atoms with van der Waals surface area (Å²) in [5.74, 6) is -0.856. The molecule has 7 heteroatoms. The number of fused-ring (bicyclic) bond motifs is 1. The highest BCUT2D eigenvalue weighted by atomic mass is 32.2. The van der Waals surface area contributed by atoms with Crippen molar-refractivity contribution in [1.29, 1.82) is 0 Å². The Morgan fingerprint density at radius 2 is 1.76 bits per heavy atom. The van der Waals surface area contributed by atoms with Crippen LogP contribution in [0.2, 0.25) is 0 Å². The highest BCUT2D eigenvalue weighted by Gasteiger charge is 2.57. The number of hydrogen-bond acceptors (Lipinski definition) is 3. The van der Waals surface area contributed by atoms with Crippen molar-refractivity contribution in [3.05, 3.63) is 83.9 Å². The van der Waals surface area contributed by atoms with Gasteiger partial charge in [0.1, 0.15) is 0 Å². The van der Waals surface area contributed by atoms with E-state index in [1.54, 1.807) is 0 Å². The molecule has 174 valence electrons. The first kappa shape index (κ1) is 23.4. The van der Waals surface area contributed by atoms with Crippen LogP contribution >= 0.6 is 0 Å². The van der Waals surface area contributed by atoms with Crippen LogP contribution in [0, 0.1) is 11.3 Å². The summed E-state index contributed by atoms with van der Waals surface area (Å²) in [5.41, 5.74) is 4.98. The maximum Gasteiger partial charge on any atom is 0.303 e. The van der Waals surface area contributed by atoms with Crippen molar-refractivity contribution >= 4 is 27.3 Å². The molecule has 0 radical (unpaired) electrons. The zero-order valence-corrected chi connectivity index (χ0v) is 19.4. The van der Waals surface area contributed by atoms with Crippen LogP contribution in [0.3, 0.4) is 0 Å². The molecular weight excluding hydrogens is 436 g/mol. The van der Waals surface area contributed by atoms with E-state index in [-0.39, 0.29) is 18.4 Å².